The van der Waals surface area contributed by atoms with Crippen molar-refractivity contribution in [2.24, 2.45) is 5.92 Å². The summed E-state index contributed by atoms with van der Waals surface area (Å²) in [4.78, 5) is 14.0. The van der Waals surface area contributed by atoms with Crippen LogP contribution < -0.4 is 10.2 Å². The van der Waals surface area contributed by atoms with Crippen molar-refractivity contribution in [2.75, 3.05) is 31.6 Å². The Hall–Kier alpha value is -1.55. The highest BCUT2D eigenvalue weighted by Gasteiger charge is 2.08. The van der Waals surface area contributed by atoms with Crippen LogP contribution in [-0.2, 0) is 0 Å². The van der Waals surface area contributed by atoms with E-state index in [-0.39, 0.29) is 18.4 Å². The van der Waals surface area contributed by atoms with Crippen LogP contribution in [0.15, 0.2) is 24.3 Å². The number of nitrogens with one attached hydrogen (secondary N) is 1. The van der Waals surface area contributed by atoms with Crippen LogP contribution in [0.1, 0.15) is 30.6 Å². The Labute approximate surface area is 115 Å². The molecule has 1 amide bonds. The molecule has 0 radical (unpaired) electrons. The first kappa shape index (κ1) is 15.5. The van der Waals surface area contributed by atoms with E-state index in [1.54, 1.807) is 0 Å². The van der Waals surface area contributed by atoms with Crippen molar-refractivity contribution in [3.05, 3.63) is 29.8 Å². The highest BCUT2D eigenvalue weighted by molar-refractivity contribution is 5.94. The van der Waals surface area contributed by atoms with Crippen LogP contribution in [0.3, 0.4) is 0 Å². The molecule has 1 aromatic carbocycles. The number of carbonyl (C=O) groups is 1. The summed E-state index contributed by atoms with van der Waals surface area (Å²) in [6.07, 6.45) is 1.10. The van der Waals surface area contributed by atoms with E-state index in [0.717, 1.165) is 18.7 Å². The first-order valence-electron chi connectivity index (χ1n) is 6.78. The Kier molecular flexibility index (Phi) is 6.36. The molecule has 4 nitrogen and oxygen atoms in total. The number of aliphatic hydroxyl groups is 1. The number of benzene rings is 1. The van der Waals surface area contributed by atoms with Crippen LogP contribution in [0.25, 0.3) is 0 Å². The second-order valence-corrected chi connectivity index (χ2v) is 4.97. The van der Waals surface area contributed by atoms with Gasteiger partial charge < -0.3 is 15.3 Å². The number of hydrogen-bond acceptors (Lipinski definition) is 3. The molecule has 0 heterocycles. The number of rotatable bonds is 7. The van der Waals surface area contributed by atoms with Crippen molar-refractivity contribution in [3.63, 3.8) is 0 Å². The lowest BCUT2D eigenvalue weighted by Gasteiger charge is -2.18. The molecule has 4 heteroatoms. The van der Waals surface area contributed by atoms with Crippen LogP contribution >= 0.6 is 0 Å². The first-order chi connectivity index (χ1) is 9.08. The Morgan fingerprint density at radius 1 is 1.37 bits per heavy atom. The van der Waals surface area contributed by atoms with E-state index >= 15 is 0 Å². The van der Waals surface area contributed by atoms with Crippen molar-refractivity contribution >= 4 is 11.6 Å². The van der Waals surface area contributed by atoms with Crippen LogP contribution in [0.4, 0.5) is 5.69 Å². The molecule has 0 saturated heterocycles. The summed E-state index contributed by atoms with van der Waals surface area (Å²) in [7, 11) is 2.04. The zero-order valence-corrected chi connectivity index (χ0v) is 12.0. The summed E-state index contributed by atoms with van der Waals surface area (Å²) < 4.78 is 0. The van der Waals surface area contributed by atoms with Crippen molar-refractivity contribution in [1.82, 2.24) is 5.32 Å². The maximum absolute atomic E-state index is 11.9. The van der Waals surface area contributed by atoms with Gasteiger partial charge in [-0.1, -0.05) is 13.8 Å². The van der Waals surface area contributed by atoms with Gasteiger partial charge in [0.25, 0.3) is 5.91 Å². The second kappa shape index (κ2) is 7.79. The van der Waals surface area contributed by atoms with E-state index in [0.29, 0.717) is 12.1 Å². The number of hydrogen-bond donors (Lipinski definition) is 2. The Morgan fingerprint density at radius 2 is 2.00 bits per heavy atom. The van der Waals surface area contributed by atoms with Crippen molar-refractivity contribution < 1.29 is 9.90 Å². The SMILES string of the molecule is CCCN(C)c1ccc(C(=O)NCC(C)CO)cc1. The Balaban J connectivity index is 2.58. The largest absolute Gasteiger partial charge is 0.396 e. The van der Waals surface area contributed by atoms with E-state index in [9.17, 15) is 4.79 Å². The standard InChI is InChI=1S/C15H24N2O2/c1-4-9-17(3)14-7-5-13(6-8-14)15(19)16-10-12(2)11-18/h5-8,12,18H,4,9-11H2,1-3H3,(H,16,19). The molecule has 19 heavy (non-hydrogen) atoms. The van der Waals surface area contributed by atoms with Crippen molar-refractivity contribution in [1.29, 1.82) is 0 Å². The van der Waals surface area contributed by atoms with Crippen LogP contribution in [0.5, 0.6) is 0 Å². The summed E-state index contributed by atoms with van der Waals surface area (Å²) in [5.41, 5.74) is 1.76. The summed E-state index contributed by atoms with van der Waals surface area (Å²) in [5.74, 6) is -0.0103. The van der Waals surface area contributed by atoms with Gasteiger partial charge in [0.2, 0.25) is 0 Å². The van der Waals surface area contributed by atoms with Gasteiger partial charge in [-0.25, -0.2) is 0 Å². The zero-order chi connectivity index (χ0) is 14.3. The van der Waals surface area contributed by atoms with E-state index in [4.69, 9.17) is 5.11 Å². The monoisotopic (exact) mass is 264 g/mol. The van der Waals surface area contributed by atoms with E-state index in [2.05, 4.69) is 17.1 Å². The third-order valence-corrected chi connectivity index (χ3v) is 3.05. The van der Waals surface area contributed by atoms with Gasteiger partial charge >= 0.3 is 0 Å². The van der Waals surface area contributed by atoms with E-state index in [1.807, 2.05) is 38.2 Å². The predicted octanol–water partition coefficient (Wildman–Crippen LogP) is 1.89. The minimum atomic E-state index is -0.0926. The average molecular weight is 264 g/mol. The Bertz CT molecular complexity index is 390. The summed E-state index contributed by atoms with van der Waals surface area (Å²) >= 11 is 0. The van der Waals surface area contributed by atoms with E-state index in [1.165, 1.54) is 0 Å². The topological polar surface area (TPSA) is 52.6 Å². The molecule has 0 aliphatic heterocycles. The number of anilines is 1. The molecule has 1 unspecified atom stereocenters. The molecule has 106 valence electrons. The maximum atomic E-state index is 11.9. The second-order valence-electron chi connectivity index (χ2n) is 4.97. The van der Waals surface area contributed by atoms with Crippen molar-refractivity contribution in [3.8, 4) is 0 Å². The molecule has 0 fully saturated rings. The van der Waals surface area contributed by atoms with Crippen LogP contribution in [0, 0.1) is 5.92 Å². The van der Waals surface area contributed by atoms with Gasteiger partial charge in [-0.15, -0.1) is 0 Å². The lowest BCUT2D eigenvalue weighted by atomic mass is 10.1. The molecule has 0 spiro atoms. The third-order valence-electron chi connectivity index (χ3n) is 3.05. The molecule has 2 N–H and O–H groups in total. The first-order valence-corrected chi connectivity index (χ1v) is 6.78. The summed E-state index contributed by atoms with van der Waals surface area (Å²) in [6.45, 7) is 5.61. The van der Waals surface area contributed by atoms with Gasteiger partial charge in [-0.3, -0.25) is 4.79 Å². The van der Waals surface area contributed by atoms with Crippen molar-refractivity contribution in [2.45, 2.75) is 20.3 Å². The number of amides is 1. The lowest BCUT2D eigenvalue weighted by molar-refractivity contribution is 0.0942. The molecule has 1 rings (SSSR count). The highest BCUT2D eigenvalue weighted by atomic mass is 16.3. The molecule has 0 saturated carbocycles. The quantitative estimate of drug-likeness (QED) is 0.791. The van der Waals surface area contributed by atoms with Gasteiger partial charge in [0, 0.05) is 38.0 Å². The zero-order valence-electron chi connectivity index (χ0n) is 12.0. The fraction of sp³-hybridized carbons (Fsp3) is 0.533. The smallest absolute Gasteiger partial charge is 0.251 e. The molecule has 0 aliphatic rings. The van der Waals surface area contributed by atoms with Gasteiger partial charge in [0.1, 0.15) is 0 Å². The Morgan fingerprint density at radius 3 is 2.53 bits per heavy atom. The van der Waals surface area contributed by atoms with Gasteiger partial charge in [0.15, 0.2) is 0 Å². The molecular formula is C15H24N2O2. The fourth-order valence-electron chi connectivity index (χ4n) is 1.77. The van der Waals surface area contributed by atoms with Crippen LogP contribution in [0.2, 0.25) is 0 Å². The number of carbonyl (C=O) groups excluding carboxylic acids is 1. The molecule has 0 aliphatic carbocycles. The molecular weight excluding hydrogens is 240 g/mol. The molecule has 0 aromatic heterocycles. The van der Waals surface area contributed by atoms with E-state index < -0.39 is 0 Å². The lowest BCUT2D eigenvalue weighted by Crippen LogP contribution is -2.29. The summed E-state index contributed by atoms with van der Waals surface area (Å²) in [5, 5.41) is 11.7. The summed E-state index contributed by atoms with van der Waals surface area (Å²) in [6, 6.07) is 7.58. The minimum absolute atomic E-state index is 0.0823. The maximum Gasteiger partial charge on any atom is 0.251 e. The minimum Gasteiger partial charge on any atom is -0.396 e. The predicted molar refractivity (Wildman–Crippen MR) is 78.6 cm³/mol. The number of nitrogens with zero attached hydrogens (tertiary/aromatic N) is 1. The fourth-order valence-corrected chi connectivity index (χ4v) is 1.77. The molecule has 1 aromatic rings. The molecule has 0 bridgehead atoms. The third kappa shape index (κ3) is 4.91. The normalized spacial score (nSPS) is 12.0. The molecule has 1 atom stereocenters. The van der Waals surface area contributed by atoms with Crippen LogP contribution in [-0.4, -0.2) is 37.8 Å². The number of aliphatic hydroxyl groups excluding tert-OH is 1. The van der Waals surface area contributed by atoms with Gasteiger partial charge in [-0.2, -0.15) is 0 Å². The average Bonchev–Trinajstić information content (AvgIpc) is 2.44. The van der Waals surface area contributed by atoms with Gasteiger partial charge in [0.05, 0.1) is 0 Å². The highest BCUT2D eigenvalue weighted by Crippen LogP contribution is 2.14. The van der Waals surface area contributed by atoms with Gasteiger partial charge in [-0.05, 0) is 36.6 Å².